The third kappa shape index (κ3) is 2.93. The number of nitrogens with zero attached hydrogens (tertiary/aromatic N) is 1. The van der Waals surface area contributed by atoms with Gasteiger partial charge in [0.25, 0.3) is 0 Å². The summed E-state index contributed by atoms with van der Waals surface area (Å²) in [6.45, 7) is 2.62. The molecule has 1 fully saturated rings. The number of likely N-dealkylation sites (tertiary alicyclic amines) is 1. The first kappa shape index (κ1) is 11.8. The highest BCUT2D eigenvalue weighted by Gasteiger charge is 2.27. The topological polar surface area (TPSA) is 37.4 Å². The maximum atomic E-state index is 11.7. The van der Waals surface area contributed by atoms with Gasteiger partial charge in [0, 0.05) is 19.0 Å². The highest BCUT2D eigenvalue weighted by atomic mass is 16.2. The van der Waals surface area contributed by atoms with Gasteiger partial charge in [0.15, 0.2) is 0 Å². The van der Waals surface area contributed by atoms with E-state index in [0.29, 0.717) is 13.0 Å². The number of carbonyl (C=O) groups excluding carboxylic acids is 2. The van der Waals surface area contributed by atoms with E-state index in [1.165, 1.54) is 5.56 Å². The van der Waals surface area contributed by atoms with Crippen LogP contribution in [0.1, 0.15) is 25.3 Å². The van der Waals surface area contributed by atoms with Gasteiger partial charge >= 0.3 is 0 Å². The molecule has 17 heavy (non-hydrogen) atoms. The van der Waals surface area contributed by atoms with Gasteiger partial charge < -0.3 is 4.90 Å². The molecule has 90 valence electrons. The fourth-order valence-corrected chi connectivity index (χ4v) is 2.26. The number of hydrogen-bond acceptors (Lipinski definition) is 2. The van der Waals surface area contributed by atoms with E-state index in [9.17, 15) is 9.59 Å². The molecule has 0 saturated carbocycles. The molecule has 0 N–H and O–H groups in total. The van der Waals surface area contributed by atoms with Gasteiger partial charge in [-0.1, -0.05) is 30.3 Å². The van der Waals surface area contributed by atoms with Crippen molar-refractivity contribution in [2.75, 3.05) is 6.54 Å². The SMILES string of the molecule is CC(Cc1ccccc1)N1CCC(=O)CC1=O. The van der Waals surface area contributed by atoms with E-state index in [2.05, 4.69) is 12.1 Å². The Morgan fingerprint density at radius 1 is 1.24 bits per heavy atom. The average Bonchev–Trinajstić information content (AvgIpc) is 2.30. The van der Waals surface area contributed by atoms with Gasteiger partial charge in [0.05, 0.1) is 6.42 Å². The van der Waals surface area contributed by atoms with Gasteiger partial charge in [-0.25, -0.2) is 0 Å². The number of benzene rings is 1. The normalized spacial score (nSPS) is 18.3. The highest BCUT2D eigenvalue weighted by molar-refractivity contribution is 6.00. The van der Waals surface area contributed by atoms with Crippen LogP contribution in [0, 0.1) is 0 Å². The number of Topliss-reactive ketones (excluding diaryl/α,β-unsaturated/α-hetero) is 1. The van der Waals surface area contributed by atoms with E-state index in [1.54, 1.807) is 0 Å². The van der Waals surface area contributed by atoms with Crippen LogP contribution in [0.15, 0.2) is 30.3 Å². The van der Waals surface area contributed by atoms with Gasteiger partial charge in [-0.2, -0.15) is 0 Å². The minimum absolute atomic E-state index is 0.0234. The zero-order valence-corrected chi connectivity index (χ0v) is 10.1. The zero-order valence-electron chi connectivity index (χ0n) is 10.1. The van der Waals surface area contributed by atoms with E-state index >= 15 is 0 Å². The zero-order chi connectivity index (χ0) is 12.3. The van der Waals surface area contributed by atoms with Crippen molar-refractivity contribution >= 4 is 11.7 Å². The predicted octanol–water partition coefficient (Wildman–Crippen LogP) is 1.81. The van der Waals surface area contributed by atoms with Crippen molar-refractivity contribution < 1.29 is 9.59 Å². The number of piperidine rings is 1. The Kier molecular flexibility index (Phi) is 3.57. The first-order valence-corrected chi connectivity index (χ1v) is 6.02. The molecule has 0 bridgehead atoms. The van der Waals surface area contributed by atoms with Crippen molar-refractivity contribution in [2.24, 2.45) is 0 Å². The molecule has 1 aromatic carbocycles. The van der Waals surface area contributed by atoms with E-state index in [4.69, 9.17) is 0 Å². The van der Waals surface area contributed by atoms with Crippen LogP contribution in [-0.2, 0) is 16.0 Å². The molecule has 1 aromatic rings. The number of hydrogen-bond donors (Lipinski definition) is 0. The molecule has 1 heterocycles. The molecule has 1 aliphatic rings. The molecule has 1 unspecified atom stereocenters. The number of ketones is 1. The molecule has 3 nitrogen and oxygen atoms in total. The third-order valence-corrected chi connectivity index (χ3v) is 3.21. The minimum atomic E-state index is -0.0234. The Hall–Kier alpha value is -1.64. The minimum Gasteiger partial charge on any atom is -0.339 e. The molecule has 1 saturated heterocycles. The summed E-state index contributed by atoms with van der Waals surface area (Å²) < 4.78 is 0. The fraction of sp³-hybridized carbons (Fsp3) is 0.429. The molecule has 1 aliphatic heterocycles. The molecule has 0 aliphatic carbocycles. The maximum absolute atomic E-state index is 11.7. The largest absolute Gasteiger partial charge is 0.339 e. The summed E-state index contributed by atoms with van der Waals surface area (Å²) in [4.78, 5) is 24.7. The summed E-state index contributed by atoms with van der Waals surface area (Å²) in [7, 11) is 0. The predicted molar refractivity (Wildman–Crippen MR) is 65.6 cm³/mol. The Balaban J connectivity index is 1.98. The number of carbonyl (C=O) groups is 2. The van der Waals surface area contributed by atoms with Crippen LogP contribution in [-0.4, -0.2) is 29.2 Å². The molecule has 1 amide bonds. The summed E-state index contributed by atoms with van der Waals surface area (Å²) in [5, 5.41) is 0. The molecule has 3 heteroatoms. The first-order valence-electron chi connectivity index (χ1n) is 6.02. The van der Waals surface area contributed by atoms with Gasteiger partial charge in [0.1, 0.15) is 5.78 Å². The van der Waals surface area contributed by atoms with Crippen molar-refractivity contribution in [2.45, 2.75) is 32.2 Å². The average molecular weight is 231 g/mol. The highest BCUT2D eigenvalue weighted by Crippen LogP contribution is 2.14. The number of rotatable bonds is 3. The third-order valence-electron chi connectivity index (χ3n) is 3.21. The van der Waals surface area contributed by atoms with Crippen LogP contribution in [0.25, 0.3) is 0 Å². The summed E-state index contributed by atoms with van der Waals surface area (Å²) in [5.41, 5.74) is 1.23. The molecule has 1 atom stereocenters. The summed E-state index contributed by atoms with van der Waals surface area (Å²) >= 11 is 0. The Bertz CT molecular complexity index is 413. The van der Waals surface area contributed by atoms with Crippen LogP contribution >= 0.6 is 0 Å². The van der Waals surface area contributed by atoms with Crippen LogP contribution in [0.5, 0.6) is 0 Å². The van der Waals surface area contributed by atoms with Gasteiger partial charge in [-0.3, -0.25) is 9.59 Å². The molecule has 2 rings (SSSR count). The second-order valence-corrected chi connectivity index (χ2v) is 4.59. The lowest BCUT2D eigenvalue weighted by Crippen LogP contribution is -2.45. The maximum Gasteiger partial charge on any atom is 0.230 e. The second kappa shape index (κ2) is 5.13. The fourth-order valence-electron chi connectivity index (χ4n) is 2.26. The van der Waals surface area contributed by atoms with Crippen molar-refractivity contribution in [3.63, 3.8) is 0 Å². The van der Waals surface area contributed by atoms with Crippen molar-refractivity contribution in [3.8, 4) is 0 Å². The van der Waals surface area contributed by atoms with Crippen molar-refractivity contribution in [1.82, 2.24) is 4.90 Å². The molecular formula is C14H17NO2. The van der Waals surface area contributed by atoms with Crippen LogP contribution in [0.2, 0.25) is 0 Å². The van der Waals surface area contributed by atoms with Crippen molar-refractivity contribution in [3.05, 3.63) is 35.9 Å². The van der Waals surface area contributed by atoms with E-state index in [1.807, 2.05) is 30.0 Å². The van der Waals surface area contributed by atoms with E-state index in [0.717, 1.165) is 6.42 Å². The lowest BCUT2D eigenvalue weighted by Gasteiger charge is -2.32. The van der Waals surface area contributed by atoms with Gasteiger partial charge in [-0.15, -0.1) is 0 Å². The summed E-state index contributed by atoms with van der Waals surface area (Å²) in [6, 6.07) is 10.3. The lowest BCUT2D eigenvalue weighted by atomic mass is 10.0. The smallest absolute Gasteiger partial charge is 0.230 e. The summed E-state index contributed by atoms with van der Waals surface area (Å²) in [5.74, 6) is 0.0443. The van der Waals surface area contributed by atoms with E-state index in [-0.39, 0.29) is 24.2 Å². The molecular weight excluding hydrogens is 214 g/mol. The Morgan fingerprint density at radius 3 is 2.59 bits per heavy atom. The first-order chi connectivity index (χ1) is 8.16. The van der Waals surface area contributed by atoms with Crippen LogP contribution in [0.4, 0.5) is 0 Å². The lowest BCUT2D eigenvalue weighted by molar-refractivity contribution is -0.141. The summed E-state index contributed by atoms with van der Waals surface area (Å²) in [6.07, 6.45) is 1.44. The van der Waals surface area contributed by atoms with Gasteiger partial charge in [0.2, 0.25) is 5.91 Å². The van der Waals surface area contributed by atoms with Crippen LogP contribution in [0.3, 0.4) is 0 Å². The van der Waals surface area contributed by atoms with Gasteiger partial charge in [-0.05, 0) is 18.9 Å². The quantitative estimate of drug-likeness (QED) is 0.744. The van der Waals surface area contributed by atoms with Crippen LogP contribution < -0.4 is 0 Å². The molecule has 0 aromatic heterocycles. The van der Waals surface area contributed by atoms with E-state index < -0.39 is 0 Å². The second-order valence-electron chi connectivity index (χ2n) is 4.59. The Labute approximate surface area is 101 Å². The standard InChI is InChI=1S/C14H17NO2/c1-11(9-12-5-3-2-4-6-12)15-8-7-13(16)10-14(15)17/h2-6,11H,7-10H2,1H3. The monoisotopic (exact) mass is 231 g/mol. The number of amides is 1. The van der Waals surface area contributed by atoms with Crippen molar-refractivity contribution in [1.29, 1.82) is 0 Å². The molecule has 0 spiro atoms. The molecule has 0 radical (unpaired) electrons. The Morgan fingerprint density at radius 2 is 1.94 bits per heavy atom.